The second-order valence-corrected chi connectivity index (χ2v) is 8.22. The van der Waals surface area contributed by atoms with Crippen LogP contribution in [0.2, 0.25) is 0 Å². The first-order valence-corrected chi connectivity index (χ1v) is 10.9. The van der Waals surface area contributed by atoms with Gasteiger partial charge >= 0.3 is 0 Å². The Morgan fingerprint density at radius 3 is 2.69 bits per heavy atom. The smallest absolute Gasteiger partial charge is 0.191 e. The maximum Gasteiger partial charge on any atom is 0.191 e. The second-order valence-electron chi connectivity index (χ2n) is 7.45. The van der Waals surface area contributed by atoms with Gasteiger partial charge in [0, 0.05) is 32.1 Å². The maximum absolute atomic E-state index is 6.18. The Hall–Kier alpha value is -0.510. The number of aromatic nitrogens is 3. The molecule has 0 bridgehead atoms. The van der Waals surface area contributed by atoms with Gasteiger partial charge in [0.25, 0.3) is 0 Å². The molecule has 6 nitrogen and oxygen atoms in total. The minimum Gasteiger partial charge on any atom is -0.370 e. The van der Waals surface area contributed by atoms with Gasteiger partial charge in [-0.05, 0) is 44.3 Å². The van der Waals surface area contributed by atoms with E-state index in [4.69, 9.17) is 5.73 Å². The summed E-state index contributed by atoms with van der Waals surface area (Å²) in [4.78, 5) is 6.85. The van der Waals surface area contributed by atoms with E-state index in [9.17, 15) is 0 Å². The van der Waals surface area contributed by atoms with Crippen molar-refractivity contribution in [2.45, 2.75) is 69.5 Å². The number of guanidine groups is 1. The topological polar surface area (TPSA) is 72.3 Å². The molecule has 1 unspecified atom stereocenters. The van der Waals surface area contributed by atoms with Crippen LogP contribution in [0.15, 0.2) is 10.1 Å². The van der Waals surface area contributed by atoms with Crippen molar-refractivity contribution in [2.24, 2.45) is 16.6 Å². The van der Waals surface area contributed by atoms with Crippen LogP contribution in [-0.2, 0) is 6.42 Å². The Kier molecular flexibility index (Phi) is 8.99. The predicted octanol–water partition coefficient (Wildman–Crippen LogP) is 3.71. The Morgan fingerprint density at radius 2 is 2.00 bits per heavy atom. The summed E-state index contributed by atoms with van der Waals surface area (Å²) >= 11 is 1.70. The summed E-state index contributed by atoms with van der Waals surface area (Å²) in [6.45, 7) is 5.15. The fourth-order valence-electron chi connectivity index (χ4n) is 4.07. The zero-order valence-corrected chi connectivity index (χ0v) is 19.2. The van der Waals surface area contributed by atoms with E-state index >= 15 is 0 Å². The molecular weight excluding hydrogens is 459 g/mol. The van der Waals surface area contributed by atoms with Crippen LogP contribution >= 0.6 is 35.7 Å². The van der Waals surface area contributed by atoms with E-state index in [2.05, 4.69) is 37.8 Å². The van der Waals surface area contributed by atoms with Crippen molar-refractivity contribution in [3.05, 3.63) is 5.82 Å². The molecule has 2 fully saturated rings. The lowest BCUT2D eigenvalue weighted by Gasteiger charge is -2.31. The minimum absolute atomic E-state index is 0. The van der Waals surface area contributed by atoms with Crippen LogP contribution in [0.3, 0.4) is 0 Å². The first kappa shape index (κ1) is 21.8. The Balaban J connectivity index is 0.00000243. The highest BCUT2D eigenvalue weighted by molar-refractivity contribution is 14.0. The number of halogens is 1. The first-order chi connectivity index (χ1) is 12.2. The van der Waals surface area contributed by atoms with Gasteiger partial charge in [0.2, 0.25) is 0 Å². The fraction of sp³-hybridized carbons (Fsp3) is 0.833. The summed E-state index contributed by atoms with van der Waals surface area (Å²) in [5.74, 6) is 2.56. The Morgan fingerprint density at radius 1 is 1.23 bits per heavy atom. The zero-order valence-electron chi connectivity index (χ0n) is 16.1. The van der Waals surface area contributed by atoms with Gasteiger partial charge in [-0.2, -0.15) is 0 Å². The third-order valence-electron chi connectivity index (χ3n) is 5.42. The van der Waals surface area contributed by atoms with Gasteiger partial charge < -0.3 is 15.2 Å². The van der Waals surface area contributed by atoms with Gasteiger partial charge in [-0.25, -0.2) is 0 Å². The second kappa shape index (κ2) is 10.7. The number of nitrogens with two attached hydrogens (primary N) is 1. The molecule has 0 amide bonds. The summed E-state index contributed by atoms with van der Waals surface area (Å²) in [5, 5.41) is 9.89. The standard InChI is InChI=1S/C18H32N6S.HI/c1-14-7-6-12-23(13-14)17(19)20-11-5-10-16-21-22-18(25-2)24(16)15-8-3-4-9-15;/h14-15H,3-13H2,1-2H3,(H2,19,20);1H. The molecule has 1 aliphatic heterocycles. The third kappa shape index (κ3) is 5.50. The molecule has 8 heteroatoms. The number of aryl methyl sites for hydroxylation is 1. The molecule has 1 aliphatic carbocycles. The van der Waals surface area contributed by atoms with Crippen LogP contribution in [-0.4, -0.2) is 51.5 Å². The lowest BCUT2D eigenvalue weighted by molar-refractivity contribution is 0.270. The highest BCUT2D eigenvalue weighted by Gasteiger charge is 2.23. The summed E-state index contributed by atoms with van der Waals surface area (Å²) in [5.41, 5.74) is 6.18. The molecule has 2 N–H and O–H groups in total. The molecule has 1 saturated carbocycles. The molecule has 2 aliphatic rings. The van der Waals surface area contributed by atoms with Gasteiger partial charge in [0.15, 0.2) is 11.1 Å². The van der Waals surface area contributed by atoms with E-state index < -0.39 is 0 Å². The molecular formula is C18H33IN6S. The fourth-order valence-corrected chi connectivity index (χ4v) is 4.65. The van der Waals surface area contributed by atoms with E-state index in [0.717, 1.165) is 49.4 Å². The van der Waals surface area contributed by atoms with Crippen LogP contribution in [0.4, 0.5) is 0 Å². The molecule has 1 aromatic rings. The molecule has 1 aromatic heterocycles. The van der Waals surface area contributed by atoms with Crippen molar-refractivity contribution in [3.63, 3.8) is 0 Å². The van der Waals surface area contributed by atoms with Crippen LogP contribution in [0.1, 0.15) is 63.7 Å². The summed E-state index contributed by atoms with van der Waals surface area (Å²) < 4.78 is 2.39. The minimum atomic E-state index is 0. The number of hydrogen-bond donors (Lipinski definition) is 1. The van der Waals surface area contributed by atoms with Crippen molar-refractivity contribution in [2.75, 3.05) is 25.9 Å². The number of piperidine rings is 1. The lowest BCUT2D eigenvalue weighted by atomic mass is 10.0. The number of thioether (sulfide) groups is 1. The van der Waals surface area contributed by atoms with Crippen molar-refractivity contribution in [3.8, 4) is 0 Å². The first-order valence-electron chi connectivity index (χ1n) is 9.71. The van der Waals surface area contributed by atoms with E-state index in [0.29, 0.717) is 12.0 Å². The lowest BCUT2D eigenvalue weighted by Crippen LogP contribution is -2.43. The molecule has 1 saturated heterocycles. The number of likely N-dealkylation sites (tertiary alicyclic amines) is 1. The van der Waals surface area contributed by atoms with Gasteiger partial charge in [-0.3, -0.25) is 4.99 Å². The molecule has 148 valence electrons. The van der Waals surface area contributed by atoms with E-state index in [1.165, 1.54) is 38.5 Å². The predicted molar refractivity (Wildman–Crippen MR) is 120 cm³/mol. The van der Waals surface area contributed by atoms with Gasteiger partial charge in [0.05, 0.1) is 0 Å². The molecule has 1 atom stereocenters. The molecule has 0 aromatic carbocycles. The Bertz CT molecular complexity index is 584. The average Bonchev–Trinajstić information content (AvgIpc) is 3.27. The molecule has 2 heterocycles. The van der Waals surface area contributed by atoms with Crippen molar-refractivity contribution in [1.82, 2.24) is 19.7 Å². The largest absolute Gasteiger partial charge is 0.370 e. The Labute approximate surface area is 178 Å². The van der Waals surface area contributed by atoms with E-state index in [-0.39, 0.29) is 24.0 Å². The number of hydrogen-bond acceptors (Lipinski definition) is 4. The van der Waals surface area contributed by atoms with Crippen molar-refractivity contribution < 1.29 is 0 Å². The van der Waals surface area contributed by atoms with Gasteiger partial charge in [-0.1, -0.05) is 31.5 Å². The highest BCUT2D eigenvalue weighted by atomic mass is 127. The normalized spacial score (nSPS) is 21.8. The molecule has 3 rings (SSSR count). The molecule has 0 radical (unpaired) electrons. The number of nitrogens with zero attached hydrogens (tertiary/aromatic N) is 5. The van der Waals surface area contributed by atoms with Crippen LogP contribution < -0.4 is 5.73 Å². The maximum atomic E-state index is 6.18. The third-order valence-corrected chi connectivity index (χ3v) is 6.06. The zero-order chi connectivity index (χ0) is 17.6. The van der Waals surface area contributed by atoms with E-state index in [1.807, 2.05) is 0 Å². The summed E-state index contributed by atoms with van der Waals surface area (Å²) in [6, 6.07) is 0.593. The highest BCUT2D eigenvalue weighted by Crippen LogP contribution is 2.33. The van der Waals surface area contributed by atoms with E-state index in [1.54, 1.807) is 11.8 Å². The summed E-state index contributed by atoms with van der Waals surface area (Å²) in [6.07, 6.45) is 11.7. The van der Waals surface area contributed by atoms with Gasteiger partial charge in [-0.15, -0.1) is 34.2 Å². The number of rotatable bonds is 6. The summed E-state index contributed by atoms with van der Waals surface area (Å²) in [7, 11) is 0. The van der Waals surface area contributed by atoms with Crippen LogP contribution in [0.5, 0.6) is 0 Å². The average molecular weight is 492 g/mol. The van der Waals surface area contributed by atoms with Crippen molar-refractivity contribution >= 4 is 41.7 Å². The SMILES string of the molecule is CSc1nnc(CCCN=C(N)N2CCCC(C)C2)n1C1CCCC1.I. The van der Waals surface area contributed by atoms with Gasteiger partial charge in [0.1, 0.15) is 5.82 Å². The monoisotopic (exact) mass is 492 g/mol. The molecule has 26 heavy (non-hydrogen) atoms. The van der Waals surface area contributed by atoms with Crippen LogP contribution in [0.25, 0.3) is 0 Å². The number of aliphatic imine (C=N–C) groups is 1. The van der Waals surface area contributed by atoms with Crippen LogP contribution in [0, 0.1) is 5.92 Å². The quantitative estimate of drug-likeness (QED) is 0.216. The molecule has 0 spiro atoms. The van der Waals surface area contributed by atoms with Crippen molar-refractivity contribution in [1.29, 1.82) is 0 Å².